The van der Waals surface area contributed by atoms with Crippen molar-refractivity contribution in [2.24, 2.45) is 5.11 Å². The van der Waals surface area contributed by atoms with Gasteiger partial charge in [-0.3, -0.25) is 4.79 Å². The number of nitrogens with one attached hydrogen (secondary N) is 1. The summed E-state index contributed by atoms with van der Waals surface area (Å²) in [5, 5.41) is 25.7. The maximum Gasteiger partial charge on any atom is 0.216 e. The van der Waals surface area contributed by atoms with Gasteiger partial charge in [0.15, 0.2) is 0 Å². The summed E-state index contributed by atoms with van der Waals surface area (Å²) < 4.78 is 0. The number of aliphatic hydroxyl groups excluding tert-OH is 2. The van der Waals surface area contributed by atoms with Crippen molar-refractivity contribution in [1.29, 1.82) is 0 Å². The number of hydrogen-bond acceptors (Lipinski definition) is 4. The minimum atomic E-state index is -1.09. The smallest absolute Gasteiger partial charge is 0.216 e. The van der Waals surface area contributed by atoms with Crippen LogP contribution in [0.1, 0.15) is 25.0 Å². The van der Waals surface area contributed by atoms with Gasteiger partial charge in [-0.1, -0.05) is 23.3 Å². The van der Waals surface area contributed by atoms with Crippen LogP contribution >= 0.6 is 0 Å². The number of hydrogen-bond donors (Lipinski definition) is 3. The Bertz CT molecular complexity index is 486. The highest BCUT2D eigenvalue weighted by atomic mass is 16.3. The molecule has 0 radical (unpaired) electrons. The van der Waals surface area contributed by atoms with E-state index in [9.17, 15) is 15.0 Å². The van der Waals surface area contributed by atoms with E-state index in [-0.39, 0.29) is 18.9 Å². The molecule has 0 aliphatic rings. The average Bonchev–Trinajstić information content (AvgIpc) is 2.38. The van der Waals surface area contributed by atoms with Crippen molar-refractivity contribution in [2.75, 3.05) is 6.54 Å². The monoisotopic (exact) mass is 264 g/mol. The van der Waals surface area contributed by atoms with Crippen molar-refractivity contribution in [2.45, 2.75) is 25.6 Å². The molecule has 0 aliphatic carbocycles. The summed E-state index contributed by atoms with van der Waals surface area (Å²) in [4.78, 5) is 13.3. The van der Waals surface area contributed by atoms with Crippen LogP contribution in [-0.4, -0.2) is 28.8 Å². The van der Waals surface area contributed by atoms with Crippen molar-refractivity contribution in [3.63, 3.8) is 0 Å². The van der Waals surface area contributed by atoms with Gasteiger partial charge in [-0.05, 0) is 23.6 Å². The van der Waals surface area contributed by atoms with E-state index in [1.807, 2.05) is 0 Å². The lowest BCUT2D eigenvalue weighted by molar-refractivity contribution is -0.119. The third kappa shape index (κ3) is 4.97. The second kappa shape index (κ2) is 7.38. The molecule has 2 atom stereocenters. The Morgan fingerprint density at radius 2 is 2.26 bits per heavy atom. The summed E-state index contributed by atoms with van der Waals surface area (Å²) >= 11 is 0. The lowest BCUT2D eigenvalue weighted by Crippen LogP contribution is -2.27. The summed E-state index contributed by atoms with van der Waals surface area (Å²) in [6, 6.07) is 6.36. The van der Waals surface area contributed by atoms with Gasteiger partial charge in [0.05, 0.1) is 6.10 Å². The second-order valence-electron chi connectivity index (χ2n) is 4.07. The first-order valence-electron chi connectivity index (χ1n) is 5.80. The van der Waals surface area contributed by atoms with Gasteiger partial charge in [-0.25, -0.2) is 0 Å². The fourth-order valence-electron chi connectivity index (χ4n) is 1.60. The predicted molar refractivity (Wildman–Crippen MR) is 69.5 cm³/mol. The first-order valence-corrected chi connectivity index (χ1v) is 5.80. The Morgan fingerprint density at radius 1 is 1.53 bits per heavy atom. The van der Waals surface area contributed by atoms with Crippen LogP contribution in [0.25, 0.3) is 10.4 Å². The standard InChI is InChI=1S/C12H16N4O3/c1-8(17)14-6-5-11(18)12(19)9-3-2-4-10(7-9)15-16-13/h2-4,7,11-12,18-19H,5-6H2,1H3,(H,14,17). The van der Waals surface area contributed by atoms with E-state index in [4.69, 9.17) is 5.53 Å². The fraction of sp³-hybridized carbons (Fsp3) is 0.417. The van der Waals surface area contributed by atoms with Crippen LogP contribution < -0.4 is 5.32 Å². The minimum Gasteiger partial charge on any atom is -0.390 e. The van der Waals surface area contributed by atoms with E-state index in [1.165, 1.54) is 13.0 Å². The Morgan fingerprint density at radius 3 is 2.89 bits per heavy atom. The number of carbonyl (C=O) groups excluding carboxylic acids is 1. The molecule has 1 aromatic rings. The lowest BCUT2D eigenvalue weighted by atomic mass is 10.0. The molecule has 0 fully saturated rings. The highest BCUT2D eigenvalue weighted by molar-refractivity contribution is 5.72. The summed E-state index contributed by atoms with van der Waals surface area (Å²) in [6.45, 7) is 1.66. The van der Waals surface area contributed by atoms with E-state index < -0.39 is 12.2 Å². The highest BCUT2D eigenvalue weighted by Gasteiger charge is 2.18. The van der Waals surface area contributed by atoms with Crippen molar-refractivity contribution in [1.82, 2.24) is 5.32 Å². The van der Waals surface area contributed by atoms with Crippen LogP contribution in [0.15, 0.2) is 29.4 Å². The summed E-state index contributed by atoms with van der Waals surface area (Å²) in [5.74, 6) is -0.188. The molecule has 102 valence electrons. The zero-order chi connectivity index (χ0) is 14.3. The van der Waals surface area contributed by atoms with Crippen LogP contribution in [-0.2, 0) is 4.79 Å². The van der Waals surface area contributed by atoms with E-state index >= 15 is 0 Å². The average molecular weight is 264 g/mol. The molecule has 1 rings (SSSR count). The molecule has 2 unspecified atom stereocenters. The molecule has 0 bridgehead atoms. The van der Waals surface area contributed by atoms with Crippen LogP contribution in [0.2, 0.25) is 0 Å². The van der Waals surface area contributed by atoms with Gasteiger partial charge in [0.1, 0.15) is 6.10 Å². The maximum absolute atomic E-state index is 10.7. The Hall–Kier alpha value is -2.08. The zero-order valence-corrected chi connectivity index (χ0v) is 10.5. The molecular formula is C12H16N4O3. The summed E-state index contributed by atoms with van der Waals surface area (Å²) in [7, 11) is 0. The van der Waals surface area contributed by atoms with E-state index in [1.54, 1.807) is 18.2 Å². The number of azide groups is 1. The van der Waals surface area contributed by atoms with Gasteiger partial charge in [0.25, 0.3) is 0 Å². The van der Waals surface area contributed by atoms with Crippen LogP contribution in [0.3, 0.4) is 0 Å². The largest absolute Gasteiger partial charge is 0.390 e. The first kappa shape index (κ1) is 15.0. The van der Waals surface area contributed by atoms with Crippen LogP contribution in [0, 0.1) is 0 Å². The van der Waals surface area contributed by atoms with Gasteiger partial charge < -0.3 is 15.5 Å². The summed E-state index contributed by atoms with van der Waals surface area (Å²) in [5.41, 5.74) is 9.16. The Balaban J connectivity index is 2.65. The number of nitrogens with zero attached hydrogens (tertiary/aromatic N) is 3. The highest BCUT2D eigenvalue weighted by Crippen LogP contribution is 2.23. The topological polar surface area (TPSA) is 118 Å². The number of benzene rings is 1. The molecule has 0 heterocycles. The number of carbonyl (C=O) groups is 1. The molecule has 1 aromatic carbocycles. The molecular weight excluding hydrogens is 248 g/mol. The number of rotatable bonds is 6. The first-order chi connectivity index (χ1) is 9.04. The molecule has 0 aromatic heterocycles. The van der Waals surface area contributed by atoms with E-state index in [0.717, 1.165) is 0 Å². The van der Waals surface area contributed by atoms with Gasteiger partial charge in [-0.2, -0.15) is 0 Å². The number of amides is 1. The minimum absolute atomic E-state index is 0.188. The number of aliphatic hydroxyl groups is 2. The zero-order valence-electron chi connectivity index (χ0n) is 10.5. The van der Waals surface area contributed by atoms with Crippen molar-refractivity contribution < 1.29 is 15.0 Å². The predicted octanol–water partition coefficient (Wildman–Crippen LogP) is 1.55. The molecule has 1 amide bonds. The molecule has 0 saturated carbocycles. The van der Waals surface area contributed by atoms with Crippen LogP contribution in [0.4, 0.5) is 5.69 Å². The van der Waals surface area contributed by atoms with Gasteiger partial charge >= 0.3 is 0 Å². The second-order valence-corrected chi connectivity index (χ2v) is 4.07. The SMILES string of the molecule is CC(=O)NCCC(O)C(O)c1cccc(N=[N+]=[N-])c1. The van der Waals surface area contributed by atoms with Crippen molar-refractivity contribution >= 4 is 11.6 Å². The van der Waals surface area contributed by atoms with E-state index in [0.29, 0.717) is 11.3 Å². The van der Waals surface area contributed by atoms with Crippen molar-refractivity contribution in [3.05, 3.63) is 40.3 Å². The van der Waals surface area contributed by atoms with Crippen molar-refractivity contribution in [3.8, 4) is 0 Å². The molecule has 3 N–H and O–H groups in total. The molecule has 0 aliphatic heterocycles. The van der Waals surface area contributed by atoms with Gasteiger partial charge in [0, 0.05) is 24.1 Å². The quantitative estimate of drug-likeness (QED) is 0.411. The normalized spacial score (nSPS) is 13.2. The molecule has 0 spiro atoms. The maximum atomic E-state index is 10.7. The lowest BCUT2D eigenvalue weighted by Gasteiger charge is -2.18. The van der Waals surface area contributed by atoms with Crippen LogP contribution in [0.5, 0.6) is 0 Å². The van der Waals surface area contributed by atoms with Gasteiger partial charge in [0.2, 0.25) is 5.91 Å². The Kier molecular flexibility index (Phi) is 5.81. The fourth-order valence-corrected chi connectivity index (χ4v) is 1.60. The van der Waals surface area contributed by atoms with E-state index in [2.05, 4.69) is 15.3 Å². The molecule has 0 saturated heterocycles. The van der Waals surface area contributed by atoms with Gasteiger partial charge in [-0.15, -0.1) is 0 Å². The Labute approximate surface area is 110 Å². The molecule has 19 heavy (non-hydrogen) atoms. The third-order valence-electron chi connectivity index (χ3n) is 2.55. The summed E-state index contributed by atoms with van der Waals surface area (Å²) in [6.07, 6.45) is -1.87. The molecule has 7 heteroatoms. The third-order valence-corrected chi connectivity index (χ3v) is 2.55. The molecule has 7 nitrogen and oxygen atoms in total.